The third kappa shape index (κ3) is 2.61. The van der Waals surface area contributed by atoms with Gasteiger partial charge in [0, 0.05) is 23.9 Å². The monoisotopic (exact) mass is 289 g/mol. The SMILES string of the molecule is COc1ccc(F)c2c1C=CN(C(=O)C(F)(F)F)CC2. The lowest BCUT2D eigenvalue weighted by Crippen LogP contribution is -2.38. The molecule has 1 heterocycles. The van der Waals surface area contributed by atoms with Crippen molar-refractivity contribution < 1.29 is 27.1 Å². The molecule has 1 aromatic carbocycles. The summed E-state index contributed by atoms with van der Waals surface area (Å²) in [6, 6.07) is 2.58. The third-order valence-electron chi connectivity index (χ3n) is 3.01. The molecule has 0 saturated heterocycles. The fourth-order valence-corrected chi connectivity index (χ4v) is 2.03. The largest absolute Gasteiger partial charge is 0.496 e. The number of alkyl halides is 3. The molecule has 1 aliphatic heterocycles. The van der Waals surface area contributed by atoms with Gasteiger partial charge in [0.1, 0.15) is 11.6 Å². The van der Waals surface area contributed by atoms with E-state index in [-0.39, 0.29) is 18.5 Å². The van der Waals surface area contributed by atoms with E-state index in [1.807, 2.05) is 0 Å². The zero-order valence-electron chi connectivity index (χ0n) is 10.5. The Labute approximate surface area is 112 Å². The van der Waals surface area contributed by atoms with Crippen LogP contribution >= 0.6 is 0 Å². The van der Waals surface area contributed by atoms with Gasteiger partial charge in [-0.3, -0.25) is 4.79 Å². The van der Waals surface area contributed by atoms with E-state index >= 15 is 0 Å². The Balaban J connectivity index is 2.37. The minimum absolute atomic E-state index is 0.0206. The van der Waals surface area contributed by atoms with Gasteiger partial charge in [-0.25, -0.2) is 4.39 Å². The van der Waals surface area contributed by atoms with Crippen molar-refractivity contribution in [2.45, 2.75) is 12.6 Å². The summed E-state index contributed by atoms with van der Waals surface area (Å²) in [6.07, 6.45) is -2.71. The second-order valence-electron chi connectivity index (χ2n) is 4.20. The molecule has 0 bridgehead atoms. The van der Waals surface area contributed by atoms with Gasteiger partial charge in [0.2, 0.25) is 0 Å². The third-order valence-corrected chi connectivity index (χ3v) is 3.01. The second-order valence-corrected chi connectivity index (χ2v) is 4.20. The second kappa shape index (κ2) is 5.15. The normalized spacial score (nSPS) is 14.8. The lowest BCUT2D eigenvalue weighted by molar-refractivity contribution is -0.182. The molecule has 0 unspecified atom stereocenters. The maximum absolute atomic E-state index is 13.7. The van der Waals surface area contributed by atoms with E-state index < -0.39 is 17.9 Å². The number of rotatable bonds is 1. The maximum Gasteiger partial charge on any atom is 0.471 e. The first kappa shape index (κ1) is 14.4. The number of carbonyl (C=O) groups excluding carboxylic acids is 1. The lowest BCUT2D eigenvalue weighted by Gasteiger charge is -2.18. The Kier molecular flexibility index (Phi) is 3.69. The number of hydrogen-bond donors (Lipinski definition) is 0. The molecule has 7 heteroatoms. The van der Waals surface area contributed by atoms with Crippen LogP contribution in [0.5, 0.6) is 5.75 Å². The van der Waals surface area contributed by atoms with Gasteiger partial charge in [-0.15, -0.1) is 0 Å². The van der Waals surface area contributed by atoms with Crippen LogP contribution in [-0.4, -0.2) is 30.6 Å². The Hall–Kier alpha value is -2.05. The Morgan fingerprint density at radius 3 is 2.65 bits per heavy atom. The average Bonchev–Trinajstić information content (AvgIpc) is 2.61. The smallest absolute Gasteiger partial charge is 0.471 e. The maximum atomic E-state index is 13.7. The molecule has 0 aliphatic carbocycles. The highest BCUT2D eigenvalue weighted by atomic mass is 19.4. The van der Waals surface area contributed by atoms with E-state index in [4.69, 9.17) is 4.74 Å². The van der Waals surface area contributed by atoms with Crippen LogP contribution in [0.2, 0.25) is 0 Å². The Bertz CT molecular complexity index is 566. The van der Waals surface area contributed by atoms with Gasteiger partial charge in [-0.05, 0) is 24.6 Å². The summed E-state index contributed by atoms with van der Waals surface area (Å²) in [5, 5.41) is 0. The quantitative estimate of drug-likeness (QED) is 0.744. The topological polar surface area (TPSA) is 29.5 Å². The fourth-order valence-electron chi connectivity index (χ4n) is 2.03. The molecular weight excluding hydrogens is 278 g/mol. The summed E-state index contributed by atoms with van der Waals surface area (Å²) >= 11 is 0. The number of hydrogen-bond acceptors (Lipinski definition) is 2. The van der Waals surface area contributed by atoms with Gasteiger partial charge in [0.05, 0.1) is 7.11 Å². The highest BCUT2D eigenvalue weighted by Crippen LogP contribution is 2.30. The van der Waals surface area contributed by atoms with Crippen LogP contribution in [-0.2, 0) is 11.2 Å². The number of amides is 1. The molecule has 1 amide bonds. The minimum Gasteiger partial charge on any atom is -0.496 e. The van der Waals surface area contributed by atoms with Crippen LogP contribution in [0, 0.1) is 5.82 Å². The number of fused-ring (bicyclic) bond motifs is 1. The molecule has 0 saturated carbocycles. The van der Waals surface area contributed by atoms with Gasteiger partial charge in [-0.2, -0.15) is 13.2 Å². The highest BCUT2D eigenvalue weighted by molar-refractivity contribution is 5.84. The first-order chi connectivity index (χ1) is 9.34. The van der Waals surface area contributed by atoms with E-state index in [2.05, 4.69) is 0 Å². The van der Waals surface area contributed by atoms with Crippen molar-refractivity contribution in [2.24, 2.45) is 0 Å². The molecule has 0 N–H and O–H groups in total. The average molecular weight is 289 g/mol. The van der Waals surface area contributed by atoms with E-state index in [1.54, 1.807) is 0 Å². The van der Waals surface area contributed by atoms with E-state index in [0.717, 1.165) is 6.20 Å². The predicted octanol–water partition coefficient (Wildman–Crippen LogP) is 2.75. The van der Waals surface area contributed by atoms with Crippen molar-refractivity contribution >= 4 is 12.0 Å². The highest BCUT2D eigenvalue weighted by Gasteiger charge is 2.42. The number of carbonyl (C=O) groups is 1. The van der Waals surface area contributed by atoms with Crippen molar-refractivity contribution in [3.8, 4) is 5.75 Å². The predicted molar refractivity (Wildman–Crippen MR) is 63.5 cm³/mol. The molecule has 0 radical (unpaired) electrons. The molecule has 20 heavy (non-hydrogen) atoms. The summed E-state index contributed by atoms with van der Waals surface area (Å²) in [4.78, 5) is 11.7. The number of halogens is 4. The summed E-state index contributed by atoms with van der Waals surface area (Å²) in [7, 11) is 1.38. The van der Waals surface area contributed by atoms with Gasteiger partial charge in [-0.1, -0.05) is 0 Å². The molecule has 108 valence electrons. The van der Waals surface area contributed by atoms with Crippen LogP contribution in [0.4, 0.5) is 17.6 Å². The fraction of sp³-hybridized carbons (Fsp3) is 0.308. The number of nitrogens with zero attached hydrogens (tertiary/aromatic N) is 1. The number of ether oxygens (including phenoxy) is 1. The van der Waals surface area contributed by atoms with E-state index in [0.29, 0.717) is 16.2 Å². The standard InChI is InChI=1S/C13H11F4NO2/c1-20-11-3-2-10(14)8-4-6-18(7-5-9(8)11)12(19)13(15,16)17/h2-3,5,7H,4,6H2,1H3. The minimum atomic E-state index is -4.95. The Morgan fingerprint density at radius 2 is 2.05 bits per heavy atom. The molecule has 2 rings (SSSR count). The lowest BCUT2D eigenvalue weighted by atomic mass is 10.0. The molecule has 0 fully saturated rings. The van der Waals surface area contributed by atoms with Crippen molar-refractivity contribution in [1.82, 2.24) is 4.90 Å². The van der Waals surface area contributed by atoms with Crippen LogP contribution in [0.1, 0.15) is 11.1 Å². The van der Waals surface area contributed by atoms with Crippen molar-refractivity contribution in [3.63, 3.8) is 0 Å². The molecular formula is C13H11F4NO2. The van der Waals surface area contributed by atoms with Crippen LogP contribution in [0.3, 0.4) is 0 Å². The van der Waals surface area contributed by atoms with Crippen LogP contribution in [0.15, 0.2) is 18.3 Å². The zero-order chi connectivity index (χ0) is 14.9. The van der Waals surface area contributed by atoms with Gasteiger partial charge in [0.25, 0.3) is 0 Å². The van der Waals surface area contributed by atoms with Crippen molar-refractivity contribution in [1.29, 1.82) is 0 Å². The molecule has 0 spiro atoms. The zero-order valence-corrected chi connectivity index (χ0v) is 10.5. The summed E-state index contributed by atoms with van der Waals surface area (Å²) < 4.78 is 55.9. The molecule has 0 aromatic heterocycles. The van der Waals surface area contributed by atoms with Crippen molar-refractivity contribution in [3.05, 3.63) is 35.3 Å². The summed E-state index contributed by atoms with van der Waals surface area (Å²) in [6.45, 7) is -0.244. The summed E-state index contributed by atoms with van der Waals surface area (Å²) in [5.74, 6) is -2.16. The van der Waals surface area contributed by atoms with Gasteiger partial charge < -0.3 is 9.64 Å². The van der Waals surface area contributed by atoms with Crippen molar-refractivity contribution in [2.75, 3.05) is 13.7 Å². The molecule has 1 aromatic rings. The number of methoxy groups -OCH3 is 1. The van der Waals surface area contributed by atoms with E-state index in [1.165, 1.54) is 25.3 Å². The van der Waals surface area contributed by atoms with Gasteiger partial charge in [0.15, 0.2) is 0 Å². The van der Waals surface area contributed by atoms with E-state index in [9.17, 15) is 22.4 Å². The summed E-state index contributed by atoms with van der Waals surface area (Å²) in [5.41, 5.74) is 0.586. The van der Waals surface area contributed by atoms with Crippen LogP contribution in [0.25, 0.3) is 6.08 Å². The molecule has 3 nitrogen and oxygen atoms in total. The van der Waals surface area contributed by atoms with Crippen LogP contribution < -0.4 is 4.74 Å². The first-order valence-electron chi connectivity index (χ1n) is 5.76. The number of benzene rings is 1. The first-order valence-corrected chi connectivity index (χ1v) is 5.76. The van der Waals surface area contributed by atoms with Gasteiger partial charge >= 0.3 is 12.1 Å². The Morgan fingerprint density at radius 1 is 1.35 bits per heavy atom. The molecule has 0 atom stereocenters. The molecule has 1 aliphatic rings.